The summed E-state index contributed by atoms with van der Waals surface area (Å²) in [5, 5.41) is 12.7. The number of rotatable bonds is 6. The van der Waals surface area contributed by atoms with E-state index >= 15 is 0 Å². The van der Waals surface area contributed by atoms with Crippen molar-refractivity contribution in [3.63, 3.8) is 0 Å². The predicted molar refractivity (Wildman–Crippen MR) is 126 cm³/mol. The number of nitrogens with zero attached hydrogens (tertiary/aromatic N) is 5. The molecule has 0 atom stereocenters. The number of nitro benzene ring substituents is 1. The van der Waals surface area contributed by atoms with Crippen molar-refractivity contribution in [2.75, 3.05) is 42.5 Å². The van der Waals surface area contributed by atoms with Crippen molar-refractivity contribution >= 4 is 33.7 Å². The Labute approximate surface area is 187 Å². The Morgan fingerprint density at radius 1 is 1.06 bits per heavy atom. The normalized spacial score (nSPS) is 14.7. The SMILES string of the molecule is CC(C)N(C(=O)CN1CCN(c2ccc([N+](=O)[O-])c3cnccc23)CC1)c1ccccc1. The monoisotopic (exact) mass is 433 g/mol. The Balaban J connectivity index is 1.45. The number of carbonyl (C=O) groups is 1. The average molecular weight is 434 g/mol. The second-order valence-electron chi connectivity index (χ2n) is 8.24. The van der Waals surface area contributed by atoms with E-state index in [9.17, 15) is 14.9 Å². The smallest absolute Gasteiger partial charge is 0.278 e. The van der Waals surface area contributed by atoms with Gasteiger partial charge in [-0.05, 0) is 38.1 Å². The van der Waals surface area contributed by atoms with E-state index in [4.69, 9.17) is 0 Å². The molecule has 3 aromatic rings. The zero-order valence-corrected chi connectivity index (χ0v) is 18.3. The van der Waals surface area contributed by atoms with E-state index in [0.717, 1.165) is 42.9 Å². The highest BCUT2D eigenvalue weighted by molar-refractivity contribution is 5.99. The van der Waals surface area contributed by atoms with Crippen molar-refractivity contribution in [3.05, 3.63) is 71.0 Å². The molecule has 1 aromatic heterocycles. The van der Waals surface area contributed by atoms with E-state index in [-0.39, 0.29) is 22.6 Å². The Hall–Kier alpha value is -3.52. The van der Waals surface area contributed by atoms with Crippen LogP contribution in [0.2, 0.25) is 0 Å². The lowest BCUT2D eigenvalue weighted by molar-refractivity contribution is -0.383. The van der Waals surface area contributed by atoms with Crippen LogP contribution in [-0.2, 0) is 4.79 Å². The van der Waals surface area contributed by atoms with Crippen molar-refractivity contribution in [1.82, 2.24) is 9.88 Å². The number of amides is 1. The minimum atomic E-state index is -0.370. The van der Waals surface area contributed by atoms with Crippen LogP contribution < -0.4 is 9.80 Å². The highest BCUT2D eigenvalue weighted by atomic mass is 16.6. The van der Waals surface area contributed by atoms with Crippen LogP contribution in [0.25, 0.3) is 10.8 Å². The summed E-state index contributed by atoms with van der Waals surface area (Å²) in [6, 6.07) is 15.0. The second-order valence-corrected chi connectivity index (χ2v) is 8.24. The standard InChI is InChI=1S/C24H27N5O3/c1-18(2)28(19-6-4-3-5-7-19)24(30)17-26-12-14-27(15-13-26)22-8-9-23(29(31)32)21-16-25-11-10-20(21)22/h3-11,16,18H,12-15,17H2,1-2H3. The fraction of sp³-hybridized carbons (Fsp3) is 0.333. The molecule has 0 unspecified atom stereocenters. The van der Waals surface area contributed by atoms with Gasteiger partial charge in [-0.1, -0.05) is 18.2 Å². The molecule has 166 valence electrons. The van der Waals surface area contributed by atoms with Gasteiger partial charge in [0.1, 0.15) is 0 Å². The molecule has 1 aliphatic heterocycles. The van der Waals surface area contributed by atoms with Gasteiger partial charge in [-0.3, -0.25) is 24.8 Å². The van der Waals surface area contributed by atoms with Gasteiger partial charge in [-0.2, -0.15) is 0 Å². The van der Waals surface area contributed by atoms with Crippen LogP contribution >= 0.6 is 0 Å². The molecular weight excluding hydrogens is 406 g/mol. The number of pyridine rings is 1. The third-order valence-electron chi connectivity index (χ3n) is 5.86. The number of hydrogen-bond acceptors (Lipinski definition) is 6. The molecule has 8 nitrogen and oxygen atoms in total. The maximum absolute atomic E-state index is 13.1. The number of fused-ring (bicyclic) bond motifs is 1. The Morgan fingerprint density at radius 3 is 2.44 bits per heavy atom. The Bertz CT molecular complexity index is 1110. The molecule has 1 amide bonds. The van der Waals surface area contributed by atoms with Crippen molar-refractivity contribution in [3.8, 4) is 0 Å². The third-order valence-corrected chi connectivity index (χ3v) is 5.86. The largest absolute Gasteiger partial charge is 0.368 e. The van der Waals surface area contributed by atoms with Crippen LogP contribution in [0.4, 0.5) is 17.1 Å². The van der Waals surface area contributed by atoms with E-state index in [1.807, 2.05) is 61.2 Å². The van der Waals surface area contributed by atoms with Crippen LogP contribution in [-0.4, -0.2) is 59.5 Å². The summed E-state index contributed by atoms with van der Waals surface area (Å²) in [5.41, 5.74) is 1.94. The first-order chi connectivity index (χ1) is 15.5. The van der Waals surface area contributed by atoms with Gasteiger partial charge >= 0.3 is 0 Å². The van der Waals surface area contributed by atoms with E-state index in [1.54, 1.807) is 18.5 Å². The number of para-hydroxylation sites is 1. The fourth-order valence-electron chi connectivity index (χ4n) is 4.33. The van der Waals surface area contributed by atoms with Gasteiger partial charge < -0.3 is 9.80 Å². The number of carbonyl (C=O) groups excluding carboxylic acids is 1. The lowest BCUT2D eigenvalue weighted by atomic mass is 10.1. The van der Waals surface area contributed by atoms with Crippen LogP contribution in [0.3, 0.4) is 0 Å². The highest BCUT2D eigenvalue weighted by Crippen LogP contribution is 2.33. The molecule has 0 spiro atoms. The first-order valence-electron chi connectivity index (χ1n) is 10.8. The molecular formula is C24H27N5O3. The van der Waals surface area contributed by atoms with E-state index in [1.165, 1.54) is 0 Å². The van der Waals surface area contributed by atoms with Gasteiger partial charge in [0.2, 0.25) is 5.91 Å². The zero-order chi connectivity index (χ0) is 22.7. The van der Waals surface area contributed by atoms with Gasteiger partial charge in [0.05, 0.1) is 16.9 Å². The third kappa shape index (κ3) is 4.40. The lowest BCUT2D eigenvalue weighted by Gasteiger charge is -2.37. The van der Waals surface area contributed by atoms with E-state index in [2.05, 4.69) is 14.8 Å². The minimum Gasteiger partial charge on any atom is -0.368 e. The van der Waals surface area contributed by atoms with Gasteiger partial charge in [0.15, 0.2) is 0 Å². The molecule has 1 saturated heterocycles. The van der Waals surface area contributed by atoms with Crippen molar-refractivity contribution < 1.29 is 9.72 Å². The molecule has 1 aliphatic rings. The summed E-state index contributed by atoms with van der Waals surface area (Å²) < 4.78 is 0. The molecule has 0 aliphatic carbocycles. The number of piperazine rings is 1. The molecule has 0 N–H and O–H groups in total. The Morgan fingerprint density at radius 2 is 1.78 bits per heavy atom. The van der Waals surface area contributed by atoms with Crippen molar-refractivity contribution in [2.24, 2.45) is 0 Å². The highest BCUT2D eigenvalue weighted by Gasteiger charge is 2.25. The van der Waals surface area contributed by atoms with Gasteiger partial charge in [-0.15, -0.1) is 0 Å². The summed E-state index contributed by atoms with van der Waals surface area (Å²) in [6.45, 7) is 7.40. The number of non-ortho nitro benzene ring substituents is 1. The lowest BCUT2D eigenvalue weighted by Crippen LogP contribution is -2.51. The number of aromatic nitrogens is 1. The first-order valence-corrected chi connectivity index (χ1v) is 10.8. The number of benzene rings is 2. The topological polar surface area (TPSA) is 82.8 Å². The maximum Gasteiger partial charge on any atom is 0.278 e. The summed E-state index contributed by atoms with van der Waals surface area (Å²) >= 11 is 0. The second kappa shape index (κ2) is 9.32. The van der Waals surface area contributed by atoms with Crippen LogP contribution in [0.15, 0.2) is 60.9 Å². The van der Waals surface area contributed by atoms with Crippen molar-refractivity contribution in [1.29, 1.82) is 0 Å². The molecule has 0 saturated carbocycles. The maximum atomic E-state index is 13.1. The quantitative estimate of drug-likeness (QED) is 0.435. The minimum absolute atomic E-state index is 0.0655. The van der Waals surface area contributed by atoms with Crippen LogP contribution in [0, 0.1) is 10.1 Å². The molecule has 1 fully saturated rings. The summed E-state index contributed by atoms with van der Waals surface area (Å²) in [5.74, 6) is 0.0894. The average Bonchev–Trinajstić information content (AvgIpc) is 2.79. The molecule has 2 aromatic carbocycles. The van der Waals surface area contributed by atoms with Gasteiger partial charge in [0, 0.05) is 67.4 Å². The summed E-state index contributed by atoms with van der Waals surface area (Å²) in [6.07, 6.45) is 3.21. The molecule has 32 heavy (non-hydrogen) atoms. The van der Waals surface area contributed by atoms with Gasteiger partial charge in [0.25, 0.3) is 5.69 Å². The fourth-order valence-corrected chi connectivity index (χ4v) is 4.33. The number of anilines is 2. The van der Waals surface area contributed by atoms with E-state index in [0.29, 0.717) is 11.9 Å². The molecule has 0 radical (unpaired) electrons. The van der Waals surface area contributed by atoms with E-state index < -0.39 is 0 Å². The molecule has 4 rings (SSSR count). The van der Waals surface area contributed by atoms with Crippen molar-refractivity contribution in [2.45, 2.75) is 19.9 Å². The predicted octanol–water partition coefficient (Wildman–Crippen LogP) is 3.71. The van der Waals surface area contributed by atoms with Gasteiger partial charge in [-0.25, -0.2) is 0 Å². The van der Waals surface area contributed by atoms with Crippen LogP contribution in [0.1, 0.15) is 13.8 Å². The Kier molecular flexibility index (Phi) is 6.32. The summed E-state index contributed by atoms with van der Waals surface area (Å²) in [4.78, 5) is 34.4. The number of nitro groups is 1. The first kappa shape index (κ1) is 21.7. The zero-order valence-electron chi connectivity index (χ0n) is 18.3. The number of hydrogen-bond donors (Lipinski definition) is 0. The molecule has 2 heterocycles. The molecule has 8 heteroatoms. The molecule has 0 bridgehead atoms. The summed E-state index contributed by atoms with van der Waals surface area (Å²) in [7, 11) is 0. The van der Waals surface area contributed by atoms with Crippen LogP contribution in [0.5, 0.6) is 0 Å².